The first kappa shape index (κ1) is 29.7. The molecule has 0 bridgehead atoms. The van der Waals surface area contributed by atoms with Crippen LogP contribution < -0.4 is 20.9 Å². The molecule has 2 amide bonds. The number of phenolic OH excluding ortho intramolecular Hbond substituents is 1. The van der Waals surface area contributed by atoms with Gasteiger partial charge in [-0.25, -0.2) is 13.4 Å². The number of hydrogen-bond donors (Lipinski definition) is 5. The maximum Gasteiger partial charge on any atom is 0.417 e. The van der Waals surface area contributed by atoms with Gasteiger partial charge in [0.15, 0.2) is 0 Å². The van der Waals surface area contributed by atoms with E-state index in [-0.39, 0.29) is 53.0 Å². The second kappa shape index (κ2) is 12.8. The van der Waals surface area contributed by atoms with Crippen LogP contribution in [0, 0.1) is 0 Å². The SMILES string of the molecule is O=C(CCCNc1ncc(C(F)(F)F)cc1Cl)NNS(=O)(=O)c1cccc(CNC(=O)c2ccccc2O)c1. The number of aromatic nitrogens is 1. The Balaban J connectivity index is 1.46. The van der Waals surface area contributed by atoms with E-state index in [4.69, 9.17) is 11.6 Å². The number of nitrogens with zero attached hydrogens (tertiary/aromatic N) is 1. The fourth-order valence-corrected chi connectivity index (χ4v) is 4.35. The van der Waals surface area contributed by atoms with Crippen molar-refractivity contribution in [1.29, 1.82) is 0 Å². The lowest BCUT2D eigenvalue weighted by Gasteiger charge is -2.12. The molecular formula is C24H23ClF3N5O5S. The van der Waals surface area contributed by atoms with E-state index < -0.39 is 33.6 Å². The molecule has 3 rings (SSSR count). The number of phenols is 1. The smallest absolute Gasteiger partial charge is 0.417 e. The van der Waals surface area contributed by atoms with Crippen LogP contribution in [0.3, 0.4) is 0 Å². The largest absolute Gasteiger partial charge is 0.507 e. The minimum Gasteiger partial charge on any atom is -0.507 e. The molecule has 2 aromatic carbocycles. The number of sulfonamides is 1. The minimum absolute atomic E-state index is 0.0161. The first-order valence-electron chi connectivity index (χ1n) is 11.3. The van der Waals surface area contributed by atoms with Crippen molar-refractivity contribution in [3.05, 3.63) is 82.5 Å². The second-order valence-electron chi connectivity index (χ2n) is 8.08. The van der Waals surface area contributed by atoms with Crippen molar-refractivity contribution >= 4 is 39.3 Å². The lowest BCUT2D eigenvalue weighted by molar-refractivity contribution is -0.137. The maximum absolute atomic E-state index is 12.7. The number of halogens is 4. The van der Waals surface area contributed by atoms with Gasteiger partial charge < -0.3 is 15.7 Å². The fourth-order valence-electron chi connectivity index (χ4n) is 3.19. The summed E-state index contributed by atoms with van der Waals surface area (Å²) in [6, 6.07) is 12.4. The normalized spacial score (nSPS) is 11.6. The molecule has 1 aromatic heterocycles. The van der Waals surface area contributed by atoms with E-state index in [0.29, 0.717) is 11.8 Å². The summed E-state index contributed by atoms with van der Waals surface area (Å²) < 4.78 is 63.2. The van der Waals surface area contributed by atoms with E-state index in [1.54, 1.807) is 18.2 Å². The standard InChI is InChI=1S/C24H23ClF3N5O5S/c25-19-12-16(24(26,27)28)14-30-22(19)29-10-4-9-21(35)32-33-39(37,38)17-6-3-5-15(11-17)13-31-23(36)18-7-1-2-8-20(18)34/h1-3,5-8,11-12,14,33-34H,4,9-10,13H2,(H,29,30)(H,31,36)(H,32,35). The molecule has 0 radical (unpaired) electrons. The third-order valence-electron chi connectivity index (χ3n) is 5.18. The topological polar surface area (TPSA) is 150 Å². The van der Waals surface area contributed by atoms with E-state index >= 15 is 0 Å². The Hall–Kier alpha value is -3.88. The van der Waals surface area contributed by atoms with Crippen molar-refractivity contribution in [3.8, 4) is 5.75 Å². The zero-order valence-corrected chi connectivity index (χ0v) is 21.6. The molecule has 0 atom stereocenters. The van der Waals surface area contributed by atoms with Crippen molar-refractivity contribution in [1.82, 2.24) is 20.6 Å². The van der Waals surface area contributed by atoms with Gasteiger partial charge in [0.2, 0.25) is 5.91 Å². The molecule has 0 spiro atoms. The molecule has 208 valence electrons. The molecule has 3 aromatic rings. The lowest BCUT2D eigenvalue weighted by Crippen LogP contribution is -2.41. The number of amides is 2. The Morgan fingerprint density at radius 3 is 2.49 bits per heavy atom. The van der Waals surface area contributed by atoms with Crippen molar-refractivity contribution in [2.45, 2.75) is 30.5 Å². The molecule has 0 aliphatic rings. The quantitative estimate of drug-likeness (QED) is 0.170. The highest BCUT2D eigenvalue weighted by Gasteiger charge is 2.31. The van der Waals surface area contributed by atoms with Gasteiger partial charge in [-0.05, 0) is 42.3 Å². The highest BCUT2D eigenvalue weighted by atomic mass is 35.5. The fraction of sp³-hybridized carbons (Fsp3) is 0.208. The number of carbonyl (C=O) groups excluding carboxylic acids is 2. The highest BCUT2D eigenvalue weighted by molar-refractivity contribution is 7.89. The zero-order chi connectivity index (χ0) is 28.6. The van der Waals surface area contributed by atoms with E-state index in [9.17, 15) is 36.3 Å². The van der Waals surface area contributed by atoms with Gasteiger partial charge in [-0.3, -0.25) is 15.0 Å². The summed E-state index contributed by atoms with van der Waals surface area (Å²) in [4.78, 5) is 29.7. The highest BCUT2D eigenvalue weighted by Crippen LogP contribution is 2.32. The van der Waals surface area contributed by atoms with E-state index in [2.05, 4.69) is 21.0 Å². The molecule has 39 heavy (non-hydrogen) atoms. The second-order valence-corrected chi connectivity index (χ2v) is 10.2. The Bertz CT molecular complexity index is 1450. The van der Waals surface area contributed by atoms with Crippen molar-refractivity contribution in [2.75, 3.05) is 11.9 Å². The Morgan fingerprint density at radius 2 is 1.79 bits per heavy atom. The monoisotopic (exact) mass is 585 g/mol. The van der Waals surface area contributed by atoms with Crippen molar-refractivity contribution in [2.24, 2.45) is 0 Å². The molecule has 0 saturated heterocycles. The van der Waals surface area contributed by atoms with Gasteiger partial charge in [0.1, 0.15) is 11.6 Å². The lowest BCUT2D eigenvalue weighted by atomic mass is 10.1. The molecule has 15 heteroatoms. The predicted octanol–water partition coefficient (Wildman–Crippen LogP) is 3.59. The number of rotatable bonds is 11. The first-order valence-corrected chi connectivity index (χ1v) is 13.2. The van der Waals surface area contributed by atoms with Gasteiger partial charge in [-0.15, -0.1) is 4.83 Å². The van der Waals surface area contributed by atoms with Gasteiger partial charge in [0, 0.05) is 25.7 Å². The number of pyridine rings is 1. The van der Waals surface area contributed by atoms with Crippen LogP contribution in [0.25, 0.3) is 0 Å². The summed E-state index contributed by atoms with van der Waals surface area (Å²) in [5.74, 6) is -1.37. The number of carbonyl (C=O) groups is 2. The van der Waals surface area contributed by atoms with Crippen molar-refractivity contribution in [3.63, 3.8) is 0 Å². The van der Waals surface area contributed by atoms with Gasteiger partial charge in [-0.2, -0.15) is 13.2 Å². The Kier molecular flexibility index (Phi) is 9.72. The molecule has 0 aliphatic carbocycles. The number of aromatic hydroxyl groups is 1. The van der Waals surface area contributed by atoms with Gasteiger partial charge in [0.05, 0.1) is 21.0 Å². The summed E-state index contributed by atoms with van der Waals surface area (Å²) in [5.41, 5.74) is 1.61. The summed E-state index contributed by atoms with van der Waals surface area (Å²) in [5, 5.41) is 14.8. The van der Waals surface area contributed by atoms with Crippen LogP contribution in [-0.2, 0) is 27.5 Å². The molecular weight excluding hydrogens is 563 g/mol. The van der Waals surface area contributed by atoms with Crippen molar-refractivity contribution < 1.29 is 36.3 Å². The third-order valence-corrected chi connectivity index (χ3v) is 6.71. The Labute approximate surface area is 226 Å². The van der Waals surface area contributed by atoms with Crippen LogP contribution in [0.15, 0.2) is 65.7 Å². The van der Waals surface area contributed by atoms with E-state index in [1.165, 1.54) is 30.3 Å². The molecule has 0 fully saturated rings. The van der Waals surface area contributed by atoms with Gasteiger partial charge >= 0.3 is 6.18 Å². The maximum atomic E-state index is 12.7. The number of nitrogens with one attached hydrogen (secondary N) is 4. The van der Waals surface area contributed by atoms with Crippen LogP contribution in [0.5, 0.6) is 5.75 Å². The first-order chi connectivity index (χ1) is 18.4. The number of benzene rings is 2. The van der Waals surface area contributed by atoms with Crippen LogP contribution in [0.1, 0.15) is 34.3 Å². The predicted molar refractivity (Wildman–Crippen MR) is 136 cm³/mol. The third kappa shape index (κ3) is 8.56. The number of anilines is 1. The van der Waals surface area contributed by atoms with Gasteiger partial charge in [0.25, 0.3) is 15.9 Å². The molecule has 1 heterocycles. The van der Waals surface area contributed by atoms with Crippen LogP contribution in [0.2, 0.25) is 5.02 Å². The summed E-state index contributed by atoms with van der Waals surface area (Å²) in [6.07, 6.45) is -3.87. The molecule has 5 N–H and O–H groups in total. The Morgan fingerprint density at radius 1 is 1.05 bits per heavy atom. The van der Waals surface area contributed by atoms with Crippen LogP contribution in [0.4, 0.5) is 19.0 Å². The van der Waals surface area contributed by atoms with Crippen LogP contribution >= 0.6 is 11.6 Å². The average Bonchev–Trinajstić information content (AvgIpc) is 2.89. The summed E-state index contributed by atoms with van der Waals surface area (Å²) in [6.45, 7) is 0.112. The summed E-state index contributed by atoms with van der Waals surface area (Å²) >= 11 is 5.80. The van der Waals surface area contributed by atoms with E-state index in [0.717, 1.165) is 6.07 Å². The molecule has 0 saturated carbocycles. The van der Waals surface area contributed by atoms with Crippen LogP contribution in [-0.4, -0.2) is 36.9 Å². The molecule has 0 unspecified atom stereocenters. The minimum atomic E-state index is -4.58. The van der Waals surface area contributed by atoms with E-state index in [1.807, 2.05) is 4.83 Å². The number of para-hydroxylation sites is 1. The van der Waals surface area contributed by atoms with Gasteiger partial charge in [-0.1, -0.05) is 35.9 Å². The zero-order valence-electron chi connectivity index (χ0n) is 20.0. The number of hydrogen-bond acceptors (Lipinski definition) is 7. The number of alkyl halides is 3. The average molecular weight is 586 g/mol. The molecule has 10 nitrogen and oxygen atoms in total. The molecule has 0 aliphatic heterocycles. The summed E-state index contributed by atoms with van der Waals surface area (Å²) in [7, 11) is -4.14. The number of hydrazine groups is 1.